The summed E-state index contributed by atoms with van der Waals surface area (Å²) in [6, 6.07) is 10.9. The molecule has 7 heteroatoms. The molecule has 4 rings (SSSR count). The van der Waals surface area contributed by atoms with Crippen molar-refractivity contribution in [3.8, 4) is 5.75 Å². The van der Waals surface area contributed by atoms with Crippen LogP contribution in [0.25, 0.3) is 11.7 Å². The predicted octanol–water partition coefficient (Wildman–Crippen LogP) is 2.34. The molecule has 2 amide bonds. The third-order valence-electron chi connectivity index (χ3n) is 4.16. The average Bonchev–Trinajstić information content (AvgIpc) is 3.07. The highest BCUT2D eigenvalue weighted by molar-refractivity contribution is 6.03. The summed E-state index contributed by atoms with van der Waals surface area (Å²) in [5.74, 6) is 0.210. The number of anilines is 2. The van der Waals surface area contributed by atoms with E-state index in [1.54, 1.807) is 37.5 Å². The molecule has 3 heterocycles. The van der Waals surface area contributed by atoms with Crippen molar-refractivity contribution in [2.24, 2.45) is 0 Å². The van der Waals surface area contributed by atoms with Gasteiger partial charge in [0, 0.05) is 25.0 Å². The van der Waals surface area contributed by atoms with Gasteiger partial charge in [-0.3, -0.25) is 9.59 Å². The van der Waals surface area contributed by atoms with Gasteiger partial charge in [-0.1, -0.05) is 6.07 Å². The molecular formula is C19H16N4O3. The standard InChI is InChI=1S/C19H16N4O3/c1-22-15-10-13(5-7-16(15)26-12-19(22)25)21-18(24)8-6-14-11-20-17-4-2-3-9-23(14)17/h2-11H,12H2,1H3,(H,21,24)/b8-6+. The fourth-order valence-electron chi connectivity index (χ4n) is 2.77. The minimum absolute atomic E-state index is 0.0250. The van der Waals surface area contributed by atoms with Crippen molar-refractivity contribution in [3.63, 3.8) is 0 Å². The molecule has 0 radical (unpaired) electrons. The van der Waals surface area contributed by atoms with E-state index in [0.717, 1.165) is 11.3 Å². The third-order valence-corrected chi connectivity index (χ3v) is 4.16. The maximum absolute atomic E-state index is 12.2. The SMILES string of the molecule is CN1C(=O)COc2ccc(NC(=O)/C=C/c3cnc4ccccn34)cc21. The number of pyridine rings is 1. The average molecular weight is 348 g/mol. The molecule has 0 aliphatic carbocycles. The number of fused-ring (bicyclic) bond motifs is 2. The van der Waals surface area contributed by atoms with Crippen LogP contribution in [0.1, 0.15) is 5.69 Å². The van der Waals surface area contributed by atoms with Crippen LogP contribution in [0.15, 0.2) is 54.9 Å². The topological polar surface area (TPSA) is 75.9 Å². The van der Waals surface area contributed by atoms with Gasteiger partial charge in [0.05, 0.1) is 17.6 Å². The molecule has 0 saturated carbocycles. The van der Waals surface area contributed by atoms with Crippen LogP contribution in [-0.4, -0.2) is 34.9 Å². The highest BCUT2D eigenvalue weighted by atomic mass is 16.5. The van der Waals surface area contributed by atoms with Crippen LogP contribution in [0, 0.1) is 0 Å². The molecule has 0 fully saturated rings. The summed E-state index contributed by atoms with van der Waals surface area (Å²) < 4.78 is 7.27. The van der Waals surface area contributed by atoms with Gasteiger partial charge < -0.3 is 19.4 Å². The highest BCUT2D eigenvalue weighted by Gasteiger charge is 2.22. The lowest BCUT2D eigenvalue weighted by Crippen LogP contribution is -2.35. The Morgan fingerprint density at radius 2 is 2.19 bits per heavy atom. The number of hydrogen-bond acceptors (Lipinski definition) is 4. The Morgan fingerprint density at radius 3 is 3.08 bits per heavy atom. The molecule has 130 valence electrons. The Morgan fingerprint density at radius 1 is 1.31 bits per heavy atom. The first-order chi connectivity index (χ1) is 12.6. The molecule has 1 aliphatic rings. The number of hydrogen-bond donors (Lipinski definition) is 1. The van der Waals surface area contributed by atoms with E-state index < -0.39 is 0 Å². The molecule has 0 unspecified atom stereocenters. The van der Waals surface area contributed by atoms with E-state index in [9.17, 15) is 9.59 Å². The molecule has 7 nitrogen and oxygen atoms in total. The van der Waals surface area contributed by atoms with E-state index in [4.69, 9.17) is 4.74 Å². The summed E-state index contributed by atoms with van der Waals surface area (Å²) >= 11 is 0. The Balaban J connectivity index is 1.51. The van der Waals surface area contributed by atoms with Crippen LogP contribution in [-0.2, 0) is 9.59 Å². The maximum atomic E-state index is 12.2. The lowest BCUT2D eigenvalue weighted by atomic mass is 10.2. The molecule has 0 atom stereocenters. The number of aromatic nitrogens is 2. The van der Waals surface area contributed by atoms with Gasteiger partial charge in [-0.2, -0.15) is 0 Å². The molecule has 1 aromatic carbocycles. The van der Waals surface area contributed by atoms with Crippen LogP contribution in [0.5, 0.6) is 5.75 Å². The number of rotatable bonds is 3. The first kappa shape index (κ1) is 15.9. The van der Waals surface area contributed by atoms with Crippen molar-refractivity contribution < 1.29 is 14.3 Å². The van der Waals surface area contributed by atoms with Gasteiger partial charge >= 0.3 is 0 Å². The van der Waals surface area contributed by atoms with E-state index >= 15 is 0 Å². The van der Waals surface area contributed by atoms with E-state index in [0.29, 0.717) is 17.1 Å². The Bertz CT molecular complexity index is 1040. The van der Waals surface area contributed by atoms with Gasteiger partial charge in [-0.15, -0.1) is 0 Å². The molecule has 0 bridgehead atoms. The van der Waals surface area contributed by atoms with Crippen molar-refractivity contribution >= 4 is 34.9 Å². The van der Waals surface area contributed by atoms with Crippen LogP contribution >= 0.6 is 0 Å². The lowest BCUT2D eigenvalue weighted by molar-refractivity contribution is -0.121. The highest BCUT2D eigenvalue weighted by Crippen LogP contribution is 2.33. The minimum Gasteiger partial charge on any atom is -0.482 e. The Labute approximate surface area is 149 Å². The third kappa shape index (κ3) is 2.90. The van der Waals surface area contributed by atoms with Crippen molar-refractivity contribution in [3.05, 3.63) is 60.6 Å². The van der Waals surface area contributed by atoms with Crippen LogP contribution in [0.3, 0.4) is 0 Å². The van der Waals surface area contributed by atoms with E-state index in [1.807, 2.05) is 28.8 Å². The number of amides is 2. The first-order valence-electron chi connectivity index (χ1n) is 8.06. The van der Waals surface area contributed by atoms with Gasteiger partial charge in [0.2, 0.25) is 5.91 Å². The Hall–Kier alpha value is -3.61. The molecule has 1 N–H and O–H groups in total. The number of nitrogens with zero attached hydrogens (tertiary/aromatic N) is 3. The maximum Gasteiger partial charge on any atom is 0.264 e. The minimum atomic E-state index is -0.276. The number of ether oxygens (including phenoxy) is 1. The van der Waals surface area contributed by atoms with Crippen LogP contribution in [0.2, 0.25) is 0 Å². The Kier molecular flexibility index (Phi) is 3.89. The number of likely N-dealkylation sites (N-methyl/N-ethyl adjacent to an activating group) is 1. The summed E-state index contributed by atoms with van der Waals surface area (Å²) in [7, 11) is 1.68. The van der Waals surface area contributed by atoms with Crippen molar-refractivity contribution in [1.82, 2.24) is 9.38 Å². The summed E-state index contributed by atoms with van der Waals surface area (Å²) in [5, 5.41) is 2.79. The smallest absolute Gasteiger partial charge is 0.264 e. The van der Waals surface area contributed by atoms with Crippen LogP contribution in [0.4, 0.5) is 11.4 Å². The van der Waals surface area contributed by atoms with Gasteiger partial charge in [-0.25, -0.2) is 4.98 Å². The molecule has 26 heavy (non-hydrogen) atoms. The van der Waals surface area contributed by atoms with Gasteiger partial charge in [-0.05, 0) is 36.4 Å². The molecule has 0 spiro atoms. The first-order valence-corrected chi connectivity index (χ1v) is 8.06. The van der Waals surface area contributed by atoms with E-state index in [2.05, 4.69) is 10.3 Å². The normalized spacial score (nSPS) is 13.7. The molecule has 1 aliphatic heterocycles. The van der Waals surface area contributed by atoms with Crippen molar-refractivity contribution in [1.29, 1.82) is 0 Å². The monoisotopic (exact) mass is 348 g/mol. The van der Waals surface area contributed by atoms with Gasteiger partial charge in [0.25, 0.3) is 5.91 Å². The zero-order chi connectivity index (χ0) is 18.1. The van der Waals surface area contributed by atoms with Crippen LogP contribution < -0.4 is 15.0 Å². The second-order valence-electron chi connectivity index (χ2n) is 5.86. The summed E-state index contributed by atoms with van der Waals surface area (Å²) in [6.07, 6.45) is 6.74. The number of carbonyl (C=O) groups excluding carboxylic acids is 2. The largest absolute Gasteiger partial charge is 0.482 e. The fraction of sp³-hybridized carbons (Fsp3) is 0.105. The summed E-state index contributed by atoms with van der Waals surface area (Å²) in [5.41, 5.74) is 2.83. The second-order valence-corrected chi connectivity index (χ2v) is 5.86. The number of benzene rings is 1. The second kappa shape index (κ2) is 6.36. The summed E-state index contributed by atoms with van der Waals surface area (Å²) in [6.45, 7) is 0.0250. The number of imidazole rings is 1. The zero-order valence-corrected chi connectivity index (χ0v) is 14.0. The molecular weight excluding hydrogens is 332 g/mol. The number of carbonyl (C=O) groups is 2. The molecule has 3 aromatic rings. The number of nitrogens with one attached hydrogen (secondary N) is 1. The predicted molar refractivity (Wildman–Crippen MR) is 98.2 cm³/mol. The lowest BCUT2D eigenvalue weighted by Gasteiger charge is -2.26. The van der Waals surface area contributed by atoms with Crippen molar-refractivity contribution in [2.45, 2.75) is 0 Å². The quantitative estimate of drug-likeness (QED) is 0.737. The van der Waals surface area contributed by atoms with Gasteiger partial charge in [0.1, 0.15) is 11.4 Å². The van der Waals surface area contributed by atoms with Crippen molar-refractivity contribution in [2.75, 3.05) is 23.9 Å². The fourth-order valence-corrected chi connectivity index (χ4v) is 2.77. The molecule has 2 aromatic heterocycles. The van der Waals surface area contributed by atoms with E-state index in [1.165, 1.54) is 11.0 Å². The molecule has 0 saturated heterocycles. The van der Waals surface area contributed by atoms with E-state index in [-0.39, 0.29) is 18.4 Å². The van der Waals surface area contributed by atoms with Gasteiger partial charge in [0.15, 0.2) is 6.61 Å². The summed E-state index contributed by atoms with van der Waals surface area (Å²) in [4.78, 5) is 29.7. The zero-order valence-electron chi connectivity index (χ0n) is 14.0.